The highest BCUT2D eigenvalue weighted by Gasteiger charge is 2.63. The van der Waals surface area contributed by atoms with Crippen LogP contribution in [-0.2, 0) is 38.1 Å². The zero-order chi connectivity index (χ0) is 29.7. The molecule has 2 aromatic rings. The van der Waals surface area contributed by atoms with Gasteiger partial charge in [-0.3, -0.25) is 0 Å². The van der Waals surface area contributed by atoms with E-state index in [4.69, 9.17) is 28.4 Å². The first-order valence-electron chi connectivity index (χ1n) is 12.3. The number of rotatable bonds is 9. The molecule has 0 aliphatic carbocycles. The second-order valence-corrected chi connectivity index (χ2v) is 9.13. The number of esters is 3. The molecule has 218 valence electrons. The van der Waals surface area contributed by atoms with Crippen LogP contribution in [0.15, 0.2) is 48.6 Å². The summed E-state index contributed by atoms with van der Waals surface area (Å²) in [6.45, 7) is -0.423. The van der Waals surface area contributed by atoms with E-state index >= 15 is 0 Å². The third-order valence-corrected chi connectivity index (χ3v) is 6.40. The number of fused-ring (bicyclic) bond motifs is 2. The number of methoxy groups -OCH3 is 2. The highest BCUT2D eigenvalue weighted by Crippen LogP contribution is 2.42. The Balaban J connectivity index is 1.41. The number of carbonyl (C=O) groups is 3. The molecule has 0 aromatic heterocycles. The molecule has 0 amide bonds. The van der Waals surface area contributed by atoms with E-state index in [2.05, 4.69) is 0 Å². The molecule has 41 heavy (non-hydrogen) atoms. The van der Waals surface area contributed by atoms with Crippen molar-refractivity contribution in [2.24, 2.45) is 0 Å². The van der Waals surface area contributed by atoms with Crippen molar-refractivity contribution in [1.29, 1.82) is 0 Å². The van der Waals surface area contributed by atoms with Crippen molar-refractivity contribution in [2.75, 3.05) is 20.8 Å². The number of ether oxygens (including phenoxy) is 6. The lowest BCUT2D eigenvalue weighted by Gasteiger charge is -2.36. The summed E-state index contributed by atoms with van der Waals surface area (Å²) < 4.78 is 31.9. The molecule has 13 nitrogen and oxygen atoms in total. The molecule has 2 aliphatic rings. The molecule has 2 aromatic carbocycles. The lowest BCUT2D eigenvalue weighted by Crippen LogP contribution is -2.55. The highest BCUT2D eigenvalue weighted by atomic mass is 16.8. The summed E-state index contributed by atoms with van der Waals surface area (Å²) in [5, 5.41) is 39.5. The van der Waals surface area contributed by atoms with E-state index in [0.29, 0.717) is 11.1 Å². The number of benzene rings is 2. The Morgan fingerprint density at radius 1 is 0.927 bits per heavy atom. The van der Waals surface area contributed by atoms with Gasteiger partial charge in [0, 0.05) is 12.2 Å². The summed E-state index contributed by atoms with van der Waals surface area (Å²) >= 11 is 0. The van der Waals surface area contributed by atoms with Crippen molar-refractivity contribution in [2.45, 2.75) is 36.6 Å². The highest BCUT2D eigenvalue weighted by molar-refractivity contribution is 5.88. The minimum absolute atomic E-state index is 0.0741. The Kier molecular flexibility index (Phi) is 8.81. The number of aliphatic hydroxyl groups is 1. The summed E-state index contributed by atoms with van der Waals surface area (Å²) in [6.07, 6.45) is -0.469. The van der Waals surface area contributed by atoms with E-state index in [9.17, 15) is 34.8 Å². The quantitative estimate of drug-likeness (QED) is 0.146. The first-order valence-corrected chi connectivity index (χ1v) is 12.3. The van der Waals surface area contributed by atoms with Gasteiger partial charge in [-0.05, 0) is 47.5 Å². The Hall–Kier alpha value is -4.59. The Bertz CT molecular complexity index is 1370. The van der Waals surface area contributed by atoms with Gasteiger partial charge < -0.3 is 48.8 Å². The van der Waals surface area contributed by atoms with Gasteiger partial charge in [0.2, 0.25) is 0 Å². The number of carbonyl (C=O) groups excluding carboxylic acids is 3. The first kappa shape index (κ1) is 29.4. The molecule has 2 bridgehead atoms. The van der Waals surface area contributed by atoms with Crippen molar-refractivity contribution in [3.05, 3.63) is 59.7 Å². The van der Waals surface area contributed by atoms with Crippen molar-refractivity contribution in [3.8, 4) is 23.0 Å². The number of aliphatic hydroxyl groups excluding tert-OH is 1. The third kappa shape index (κ3) is 6.60. The zero-order valence-corrected chi connectivity index (χ0v) is 22.0. The van der Waals surface area contributed by atoms with E-state index in [1.807, 2.05) is 0 Å². The minimum atomic E-state index is -2.01. The molecule has 2 heterocycles. The van der Waals surface area contributed by atoms with Gasteiger partial charge in [-0.1, -0.05) is 12.1 Å². The van der Waals surface area contributed by atoms with E-state index in [-0.39, 0.29) is 23.0 Å². The Morgan fingerprint density at radius 2 is 1.59 bits per heavy atom. The molecule has 2 fully saturated rings. The van der Waals surface area contributed by atoms with Gasteiger partial charge in [-0.2, -0.15) is 0 Å². The van der Waals surface area contributed by atoms with Gasteiger partial charge in [-0.25, -0.2) is 14.4 Å². The molecule has 5 atom stereocenters. The average Bonchev–Trinajstić information content (AvgIpc) is 3.29. The molecule has 0 saturated carbocycles. The topological polar surface area (TPSA) is 188 Å². The van der Waals surface area contributed by atoms with Gasteiger partial charge in [0.05, 0.1) is 20.6 Å². The van der Waals surface area contributed by atoms with Gasteiger partial charge in [0.15, 0.2) is 23.0 Å². The molecule has 4 N–H and O–H groups in total. The van der Waals surface area contributed by atoms with Crippen molar-refractivity contribution < 1.29 is 63.2 Å². The minimum Gasteiger partial charge on any atom is -0.504 e. The summed E-state index contributed by atoms with van der Waals surface area (Å²) in [4.78, 5) is 37.4. The summed E-state index contributed by atoms with van der Waals surface area (Å²) in [6, 6.07) is 8.39. The monoisotopic (exact) mass is 572 g/mol. The Labute approximate surface area is 233 Å². The fourth-order valence-corrected chi connectivity index (χ4v) is 4.36. The molecule has 0 unspecified atom stereocenters. The number of aromatic hydroxyl groups is 3. The first-order chi connectivity index (χ1) is 19.5. The normalized spacial score (nSPS) is 25.2. The maximum absolute atomic E-state index is 12.6. The predicted octanol–water partition coefficient (Wildman–Crippen LogP) is 1.41. The second-order valence-electron chi connectivity index (χ2n) is 9.13. The molecule has 0 radical (unpaired) electrons. The molecular formula is C28H28O13. The molecule has 4 rings (SSSR count). The third-order valence-electron chi connectivity index (χ3n) is 6.40. The number of hydrogen-bond acceptors (Lipinski definition) is 13. The fourth-order valence-electron chi connectivity index (χ4n) is 4.36. The van der Waals surface area contributed by atoms with Crippen LogP contribution in [0, 0.1) is 0 Å². The molecule has 0 spiro atoms. The summed E-state index contributed by atoms with van der Waals surface area (Å²) in [5.41, 5.74) is 0.939. The fraction of sp³-hybridized carbons (Fsp3) is 0.321. The van der Waals surface area contributed by atoms with Crippen LogP contribution in [0.5, 0.6) is 23.0 Å². The predicted molar refractivity (Wildman–Crippen MR) is 138 cm³/mol. The number of phenolic OH excluding ortho intramolecular Hbond substituents is 3. The van der Waals surface area contributed by atoms with Crippen LogP contribution in [0.4, 0.5) is 0 Å². The maximum atomic E-state index is 12.6. The molecule has 2 saturated heterocycles. The van der Waals surface area contributed by atoms with Crippen molar-refractivity contribution in [3.63, 3.8) is 0 Å². The molecular weight excluding hydrogens is 544 g/mol. The van der Waals surface area contributed by atoms with E-state index < -0.39 is 61.1 Å². The second kappa shape index (κ2) is 12.3. The zero-order valence-electron chi connectivity index (χ0n) is 22.0. The van der Waals surface area contributed by atoms with Gasteiger partial charge in [0.1, 0.15) is 31.0 Å². The van der Waals surface area contributed by atoms with Gasteiger partial charge in [-0.15, -0.1) is 0 Å². The van der Waals surface area contributed by atoms with E-state index in [0.717, 1.165) is 19.3 Å². The van der Waals surface area contributed by atoms with E-state index in [1.54, 1.807) is 6.07 Å². The van der Waals surface area contributed by atoms with Crippen molar-refractivity contribution >= 4 is 30.1 Å². The number of hydrogen-bond donors (Lipinski definition) is 4. The summed E-state index contributed by atoms with van der Waals surface area (Å²) in [5.74, 6) is -5.12. The largest absolute Gasteiger partial charge is 0.504 e. The molecule has 13 heteroatoms. The van der Waals surface area contributed by atoms with Crippen LogP contribution < -0.4 is 4.74 Å². The van der Waals surface area contributed by atoms with Crippen LogP contribution in [0.2, 0.25) is 0 Å². The lowest BCUT2D eigenvalue weighted by molar-refractivity contribution is -0.249. The van der Waals surface area contributed by atoms with Crippen LogP contribution in [0.25, 0.3) is 12.2 Å². The Morgan fingerprint density at radius 3 is 2.24 bits per heavy atom. The van der Waals surface area contributed by atoms with Crippen LogP contribution >= 0.6 is 0 Å². The van der Waals surface area contributed by atoms with Gasteiger partial charge in [0.25, 0.3) is 5.79 Å². The van der Waals surface area contributed by atoms with Gasteiger partial charge >= 0.3 is 17.9 Å². The lowest BCUT2D eigenvalue weighted by atomic mass is 9.95. The smallest absolute Gasteiger partial charge is 0.366 e. The number of phenols is 3. The molecule has 2 aliphatic heterocycles. The van der Waals surface area contributed by atoms with E-state index in [1.165, 1.54) is 49.6 Å². The maximum Gasteiger partial charge on any atom is 0.366 e. The summed E-state index contributed by atoms with van der Waals surface area (Å²) in [7, 11) is 2.49. The standard InChI is InChI=1S/C28H28O13/c1-36-20-12-16(4-8-18(20)30)6-10-24(33)39-21-13-28(27(35)37-2)40-22(26(41-28)25(21)34)14-38-23(32)9-5-15-3-7-17(29)19(31)11-15/h3-12,21-22,25-26,29-31,34H,13-14H2,1-2H3/b9-5+,10-6+/t21-,22-,25-,26+,28+/m1/s1. The average molecular weight is 573 g/mol. The van der Waals surface area contributed by atoms with Crippen molar-refractivity contribution in [1.82, 2.24) is 0 Å². The van der Waals surface area contributed by atoms with Crippen LogP contribution in [0.3, 0.4) is 0 Å². The van der Waals surface area contributed by atoms with Crippen LogP contribution in [0.1, 0.15) is 17.5 Å². The van der Waals surface area contributed by atoms with Crippen LogP contribution in [-0.4, -0.2) is 89.4 Å². The SMILES string of the molecule is COC(=O)[C@]12C[C@@H](OC(=O)/C=C/c3ccc(O)c(OC)c3)[C@@H](O)[C@@H](O1)[C@@H](COC(=O)/C=C/c1ccc(O)c(O)c1)O2.